The Morgan fingerprint density at radius 1 is 1.05 bits per heavy atom. The number of benzene rings is 2. The van der Waals surface area contributed by atoms with Gasteiger partial charge in [0.2, 0.25) is 0 Å². The van der Waals surface area contributed by atoms with Crippen molar-refractivity contribution >= 4 is 45.8 Å². The monoisotopic (exact) mass is 404 g/mol. The van der Waals surface area contributed by atoms with Gasteiger partial charge in [0.15, 0.2) is 0 Å². The van der Waals surface area contributed by atoms with Gasteiger partial charge in [0.05, 0.1) is 18.6 Å². The lowest BCUT2D eigenvalue weighted by Gasteiger charge is -2.14. The molecular weight excluding hydrogens is 394 g/mol. The summed E-state index contributed by atoms with van der Waals surface area (Å²) in [4.78, 5) is 0. The first-order valence-corrected chi connectivity index (χ1v) is 7.83. The SMILES string of the molecule is Clc1ccc(I)c(C(Cl)c2ccc3c(c2)COC3)c1. The highest BCUT2D eigenvalue weighted by atomic mass is 127. The van der Waals surface area contributed by atoms with Gasteiger partial charge >= 0.3 is 0 Å². The Balaban J connectivity index is 1.99. The minimum Gasteiger partial charge on any atom is -0.372 e. The molecule has 0 aromatic heterocycles. The quantitative estimate of drug-likeness (QED) is 0.487. The average molecular weight is 405 g/mol. The zero-order chi connectivity index (χ0) is 13.4. The molecule has 1 aliphatic heterocycles. The fourth-order valence-electron chi connectivity index (χ4n) is 2.24. The summed E-state index contributed by atoms with van der Waals surface area (Å²) in [5, 5.41) is 0.530. The van der Waals surface area contributed by atoms with Gasteiger partial charge in [-0.05, 0) is 63.0 Å². The number of rotatable bonds is 2. The molecule has 0 amide bonds. The first-order chi connectivity index (χ1) is 9.15. The predicted octanol–water partition coefficient (Wildman–Crippen LogP) is 5.30. The Kier molecular flexibility index (Phi) is 4.03. The standard InChI is InChI=1S/C15H11Cl2IO/c16-12-3-4-14(18)13(6-12)15(17)9-1-2-10-7-19-8-11(10)5-9/h1-6,15H,7-8H2. The molecule has 19 heavy (non-hydrogen) atoms. The van der Waals surface area contributed by atoms with Crippen molar-refractivity contribution in [3.63, 3.8) is 0 Å². The van der Waals surface area contributed by atoms with Crippen LogP contribution in [0.2, 0.25) is 5.02 Å². The second kappa shape index (κ2) is 5.60. The molecule has 0 bridgehead atoms. The second-order valence-electron chi connectivity index (χ2n) is 4.55. The smallest absolute Gasteiger partial charge is 0.0846 e. The maximum atomic E-state index is 6.61. The molecule has 1 heterocycles. The van der Waals surface area contributed by atoms with Gasteiger partial charge in [-0.1, -0.05) is 29.8 Å². The normalized spacial score (nSPS) is 15.3. The number of halogens is 3. The van der Waals surface area contributed by atoms with Crippen LogP contribution >= 0.6 is 45.8 Å². The summed E-state index contributed by atoms with van der Waals surface area (Å²) >= 11 is 15.0. The summed E-state index contributed by atoms with van der Waals surface area (Å²) in [6.07, 6.45) is 0. The van der Waals surface area contributed by atoms with Gasteiger partial charge < -0.3 is 4.74 Å². The summed E-state index contributed by atoms with van der Waals surface area (Å²) < 4.78 is 6.56. The van der Waals surface area contributed by atoms with E-state index in [1.165, 1.54) is 11.1 Å². The largest absolute Gasteiger partial charge is 0.372 e. The molecule has 0 spiro atoms. The second-order valence-corrected chi connectivity index (χ2v) is 6.58. The molecule has 4 heteroatoms. The molecule has 1 atom stereocenters. The predicted molar refractivity (Wildman–Crippen MR) is 86.8 cm³/mol. The van der Waals surface area contributed by atoms with Crippen molar-refractivity contribution in [3.05, 3.63) is 67.2 Å². The maximum absolute atomic E-state index is 6.61. The van der Waals surface area contributed by atoms with Crippen LogP contribution in [-0.4, -0.2) is 0 Å². The highest BCUT2D eigenvalue weighted by Crippen LogP contribution is 2.35. The van der Waals surface area contributed by atoms with E-state index in [1.54, 1.807) is 0 Å². The van der Waals surface area contributed by atoms with Crippen molar-refractivity contribution in [1.29, 1.82) is 0 Å². The summed E-state index contributed by atoms with van der Waals surface area (Å²) in [6.45, 7) is 1.39. The van der Waals surface area contributed by atoms with E-state index in [0.717, 1.165) is 14.7 Å². The van der Waals surface area contributed by atoms with E-state index in [4.69, 9.17) is 27.9 Å². The third kappa shape index (κ3) is 2.77. The molecule has 0 fully saturated rings. The zero-order valence-corrected chi connectivity index (χ0v) is 13.7. The summed E-state index contributed by atoms with van der Waals surface area (Å²) in [5.41, 5.74) is 4.63. The van der Waals surface area contributed by atoms with E-state index in [1.807, 2.05) is 18.2 Å². The number of alkyl halides is 1. The number of fused-ring (bicyclic) bond motifs is 1. The third-order valence-corrected chi connectivity index (χ3v) is 4.97. The Morgan fingerprint density at radius 3 is 2.68 bits per heavy atom. The van der Waals surface area contributed by atoms with Gasteiger partial charge in [-0.15, -0.1) is 11.6 Å². The van der Waals surface area contributed by atoms with Crippen molar-refractivity contribution < 1.29 is 4.74 Å². The van der Waals surface area contributed by atoms with E-state index in [-0.39, 0.29) is 5.38 Å². The molecule has 2 aromatic carbocycles. The molecule has 1 nitrogen and oxygen atoms in total. The molecule has 98 valence electrons. The highest BCUT2D eigenvalue weighted by Gasteiger charge is 2.18. The van der Waals surface area contributed by atoms with E-state index >= 15 is 0 Å². The third-order valence-electron chi connectivity index (χ3n) is 3.27. The van der Waals surface area contributed by atoms with Crippen LogP contribution < -0.4 is 0 Å². The van der Waals surface area contributed by atoms with Crippen LogP contribution in [0.3, 0.4) is 0 Å². The van der Waals surface area contributed by atoms with Crippen LogP contribution in [0.5, 0.6) is 0 Å². The minimum atomic E-state index is -0.184. The Hall–Kier alpha value is -0.290. The number of hydrogen-bond donors (Lipinski definition) is 0. The molecule has 1 unspecified atom stereocenters. The lowest BCUT2D eigenvalue weighted by atomic mass is 10.00. The van der Waals surface area contributed by atoms with Crippen molar-refractivity contribution in [3.8, 4) is 0 Å². The molecule has 0 saturated heterocycles. The van der Waals surface area contributed by atoms with Crippen molar-refractivity contribution in [2.45, 2.75) is 18.6 Å². The summed E-state index contributed by atoms with van der Waals surface area (Å²) in [7, 11) is 0. The van der Waals surface area contributed by atoms with Crippen LogP contribution in [0.15, 0.2) is 36.4 Å². The Bertz CT molecular complexity index is 628. The van der Waals surface area contributed by atoms with Gasteiger partial charge in [-0.3, -0.25) is 0 Å². The summed E-state index contributed by atoms with van der Waals surface area (Å²) in [5.74, 6) is 0. The molecule has 0 N–H and O–H groups in total. The van der Waals surface area contributed by atoms with Crippen molar-refractivity contribution in [2.24, 2.45) is 0 Å². The van der Waals surface area contributed by atoms with Crippen LogP contribution in [0.4, 0.5) is 0 Å². The summed E-state index contributed by atoms with van der Waals surface area (Å²) in [6, 6.07) is 12.1. The Morgan fingerprint density at radius 2 is 1.84 bits per heavy atom. The van der Waals surface area contributed by atoms with Gasteiger partial charge in [0.25, 0.3) is 0 Å². The highest BCUT2D eigenvalue weighted by molar-refractivity contribution is 14.1. The average Bonchev–Trinajstić information content (AvgIpc) is 2.88. The van der Waals surface area contributed by atoms with E-state index in [0.29, 0.717) is 18.2 Å². The molecule has 0 aliphatic carbocycles. The van der Waals surface area contributed by atoms with Crippen molar-refractivity contribution in [2.75, 3.05) is 0 Å². The molecule has 2 aromatic rings. The van der Waals surface area contributed by atoms with Crippen LogP contribution in [0.25, 0.3) is 0 Å². The Labute approximate surface area is 136 Å². The number of hydrogen-bond acceptors (Lipinski definition) is 1. The molecule has 0 saturated carbocycles. The van der Waals surface area contributed by atoms with Crippen LogP contribution in [0.1, 0.15) is 27.6 Å². The molecule has 3 rings (SSSR count). The lowest BCUT2D eigenvalue weighted by molar-refractivity contribution is 0.134. The van der Waals surface area contributed by atoms with Gasteiger partial charge in [-0.25, -0.2) is 0 Å². The van der Waals surface area contributed by atoms with E-state index in [9.17, 15) is 0 Å². The molecular formula is C15H11Cl2IO. The number of ether oxygens (including phenoxy) is 1. The van der Waals surface area contributed by atoms with E-state index in [2.05, 4.69) is 40.8 Å². The molecule has 0 radical (unpaired) electrons. The van der Waals surface area contributed by atoms with Crippen LogP contribution in [-0.2, 0) is 18.0 Å². The van der Waals surface area contributed by atoms with Gasteiger partial charge in [0, 0.05) is 8.59 Å². The first kappa shape index (κ1) is 13.7. The van der Waals surface area contributed by atoms with Crippen LogP contribution in [0, 0.1) is 3.57 Å². The zero-order valence-electron chi connectivity index (χ0n) is 10.00. The first-order valence-electron chi connectivity index (χ1n) is 5.93. The lowest BCUT2D eigenvalue weighted by Crippen LogP contribution is -1.98. The maximum Gasteiger partial charge on any atom is 0.0846 e. The minimum absolute atomic E-state index is 0.184. The molecule has 1 aliphatic rings. The van der Waals surface area contributed by atoms with E-state index < -0.39 is 0 Å². The fourth-order valence-corrected chi connectivity index (χ4v) is 3.57. The van der Waals surface area contributed by atoms with Gasteiger partial charge in [0.1, 0.15) is 0 Å². The fraction of sp³-hybridized carbons (Fsp3) is 0.200. The van der Waals surface area contributed by atoms with Gasteiger partial charge in [-0.2, -0.15) is 0 Å². The van der Waals surface area contributed by atoms with Crippen molar-refractivity contribution in [1.82, 2.24) is 0 Å². The topological polar surface area (TPSA) is 9.23 Å².